The Labute approximate surface area is 196 Å². The summed E-state index contributed by atoms with van der Waals surface area (Å²) in [6, 6.07) is 23.6. The van der Waals surface area contributed by atoms with Crippen LogP contribution in [0.15, 0.2) is 82.6 Å². The molecule has 0 bridgehead atoms. The lowest BCUT2D eigenvalue weighted by Gasteiger charge is -2.12. The molecular formula is C25H32O4S2. The molecule has 0 spiro atoms. The molecule has 0 saturated carbocycles. The van der Waals surface area contributed by atoms with E-state index in [0.717, 1.165) is 21.1 Å². The molecule has 3 aromatic carbocycles. The molecule has 0 aliphatic rings. The first kappa shape index (κ1) is 27.1. The van der Waals surface area contributed by atoms with Gasteiger partial charge in [-0.15, -0.1) is 25.3 Å². The van der Waals surface area contributed by atoms with Crippen molar-refractivity contribution in [3.63, 3.8) is 0 Å². The maximum Gasteiger partial charge on any atom is 0.118 e. The summed E-state index contributed by atoms with van der Waals surface area (Å²) in [7, 11) is 1.61. The van der Waals surface area contributed by atoms with Crippen molar-refractivity contribution in [3.8, 4) is 5.75 Å². The molecular weight excluding hydrogens is 428 g/mol. The van der Waals surface area contributed by atoms with Crippen LogP contribution in [0.1, 0.15) is 16.7 Å². The van der Waals surface area contributed by atoms with Crippen LogP contribution in [0, 0.1) is 13.8 Å². The molecule has 3 aromatic rings. The van der Waals surface area contributed by atoms with Crippen LogP contribution in [0.3, 0.4) is 0 Å². The fraction of sp³-hybridized carbons (Fsp3) is 0.280. The molecule has 0 fully saturated rings. The van der Waals surface area contributed by atoms with Gasteiger partial charge in [0.05, 0.1) is 26.9 Å². The molecule has 0 radical (unpaired) electrons. The Morgan fingerprint density at radius 3 is 1.45 bits per heavy atom. The number of ether oxygens (including phenoxy) is 2. The van der Waals surface area contributed by atoms with E-state index in [4.69, 9.17) is 19.7 Å². The van der Waals surface area contributed by atoms with Crippen LogP contribution in [0.4, 0.5) is 0 Å². The number of benzene rings is 3. The second-order valence-electron chi connectivity index (χ2n) is 6.82. The van der Waals surface area contributed by atoms with E-state index in [9.17, 15) is 0 Å². The smallest absolute Gasteiger partial charge is 0.118 e. The van der Waals surface area contributed by atoms with Gasteiger partial charge in [-0.25, -0.2) is 0 Å². The maximum atomic E-state index is 8.78. The summed E-state index contributed by atoms with van der Waals surface area (Å²) in [6.07, 6.45) is -0.507. The first-order valence-corrected chi connectivity index (χ1v) is 10.7. The van der Waals surface area contributed by atoms with Crippen molar-refractivity contribution in [1.29, 1.82) is 0 Å². The Kier molecular flexibility index (Phi) is 13.8. The van der Waals surface area contributed by atoms with E-state index in [-0.39, 0.29) is 13.2 Å². The van der Waals surface area contributed by atoms with Crippen molar-refractivity contribution in [2.75, 3.05) is 20.3 Å². The third-order valence-electron chi connectivity index (χ3n) is 4.12. The molecule has 6 heteroatoms. The summed E-state index contributed by atoms with van der Waals surface area (Å²) in [6.45, 7) is 4.15. The quantitative estimate of drug-likeness (QED) is 0.385. The van der Waals surface area contributed by atoms with Crippen LogP contribution in [-0.4, -0.2) is 36.6 Å². The lowest BCUT2D eigenvalue weighted by molar-refractivity contribution is -0.0284. The molecule has 0 saturated heterocycles. The van der Waals surface area contributed by atoms with Crippen LogP contribution in [0.5, 0.6) is 5.75 Å². The van der Waals surface area contributed by atoms with Crippen LogP contribution in [0.25, 0.3) is 0 Å². The second-order valence-corrected chi connectivity index (χ2v) is 7.85. The van der Waals surface area contributed by atoms with Gasteiger partial charge in [-0.1, -0.05) is 47.5 Å². The summed E-state index contributed by atoms with van der Waals surface area (Å²) in [5, 5.41) is 17.6. The number of aliphatic hydroxyl groups excluding tert-OH is 2. The third-order valence-corrected chi connectivity index (χ3v) is 4.72. The largest absolute Gasteiger partial charge is 0.497 e. The second kappa shape index (κ2) is 15.8. The van der Waals surface area contributed by atoms with E-state index >= 15 is 0 Å². The molecule has 0 unspecified atom stereocenters. The molecule has 0 atom stereocenters. The van der Waals surface area contributed by atoms with Crippen LogP contribution < -0.4 is 4.74 Å². The van der Waals surface area contributed by atoms with E-state index in [1.165, 1.54) is 11.1 Å². The molecule has 2 N–H and O–H groups in total. The van der Waals surface area contributed by atoms with Gasteiger partial charge < -0.3 is 19.7 Å². The van der Waals surface area contributed by atoms with Gasteiger partial charge in [0.1, 0.15) is 11.9 Å². The minimum absolute atomic E-state index is 0.174. The molecule has 4 nitrogen and oxygen atoms in total. The van der Waals surface area contributed by atoms with Gasteiger partial charge in [-0.2, -0.15) is 0 Å². The minimum atomic E-state index is -0.507. The lowest BCUT2D eigenvalue weighted by atomic mass is 10.2. The normalized spacial score (nSPS) is 9.94. The van der Waals surface area contributed by atoms with Gasteiger partial charge in [0.15, 0.2) is 0 Å². The summed E-state index contributed by atoms with van der Waals surface area (Å²) in [5.74, 6) is 0.791. The number of thiol groups is 2. The fourth-order valence-corrected chi connectivity index (χ4v) is 2.49. The Balaban J connectivity index is 0.000000253. The standard InChI is InChI=1S/C11H16O4.2C7H8S/c1-14-10-4-2-9(3-5-10)8-15-11(6-12)7-13;2*1-6-2-4-7(8)5-3-6/h2-5,11-13H,6-8H2,1H3;2*2-5,8H,1H3. The third kappa shape index (κ3) is 12.5. The Bertz CT molecular complexity index is 745. The lowest BCUT2D eigenvalue weighted by Crippen LogP contribution is -2.21. The van der Waals surface area contributed by atoms with E-state index in [1.54, 1.807) is 7.11 Å². The predicted molar refractivity (Wildman–Crippen MR) is 133 cm³/mol. The maximum absolute atomic E-state index is 8.78. The summed E-state index contributed by atoms with van der Waals surface area (Å²) < 4.78 is 10.3. The molecule has 0 aliphatic carbocycles. The summed E-state index contributed by atoms with van der Waals surface area (Å²) in [4.78, 5) is 2.05. The molecule has 0 aromatic heterocycles. The number of hydrogen-bond donors (Lipinski definition) is 4. The van der Waals surface area contributed by atoms with Gasteiger partial charge in [0, 0.05) is 9.79 Å². The topological polar surface area (TPSA) is 58.9 Å². The van der Waals surface area contributed by atoms with Crippen LogP contribution >= 0.6 is 25.3 Å². The highest BCUT2D eigenvalue weighted by atomic mass is 32.1. The van der Waals surface area contributed by atoms with E-state index < -0.39 is 6.10 Å². The molecule has 0 heterocycles. The van der Waals surface area contributed by atoms with Gasteiger partial charge >= 0.3 is 0 Å². The number of hydrogen-bond acceptors (Lipinski definition) is 6. The summed E-state index contributed by atoms with van der Waals surface area (Å²) in [5.41, 5.74) is 3.54. The SMILES string of the molecule is COc1ccc(COC(CO)CO)cc1.Cc1ccc(S)cc1.Cc1ccc(S)cc1. The first-order chi connectivity index (χ1) is 14.9. The molecule has 0 aliphatic heterocycles. The average Bonchev–Trinajstić information content (AvgIpc) is 2.80. The zero-order valence-electron chi connectivity index (χ0n) is 18.2. The number of aryl methyl sites for hydroxylation is 2. The van der Waals surface area contributed by atoms with Crippen LogP contribution in [-0.2, 0) is 11.3 Å². The Morgan fingerprint density at radius 1 is 0.710 bits per heavy atom. The van der Waals surface area contributed by atoms with Crippen molar-refractivity contribution >= 4 is 25.3 Å². The number of aliphatic hydroxyl groups is 2. The summed E-state index contributed by atoms with van der Waals surface area (Å²) >= 11 is 8.26. The van der Waals surface area contributed by atoms with Crippen molar-refractivity contribution in [2.24, 2.45) is 0 Å². The first-order valence-electron chi connectivity index (χ1n) is 9.85. The zero-order chi connectivity index (χ0) is 23.1. The fourth-order valence-electron chi connectivity index (χ4n) is 2.19. The van der Waals surface area contributed by atoms with Gasteiger partial charge in [0.2, 0.25) is 0 Å². The van der Waals surface area contributed by atoms with Crippen molar-refractivity contribution in [3.05, 3.63) is 89.5 Å². The minimum Gasteiger partial charge on any atom is -0.497 e. The predicted octanol–water partition coefficient (Wildman–Crippen LogP) is 5.13. The van der Waals surface area contributed by atoms with Crippen molar-refractivity contribution < 1.29 is 19.7 Å². The van der Waals surface area contributed by atoms with E-state index in [0.29, 0.717) is 6.61 Å². The highest BCUT2D eigenvalue weighted by Gasteiger charge is 2.05. The van der Waals surface area contributed by atoms with E-state index in [1.807, 2.05) is 72.8 Å². The Hall–Kier alpha value is -1.96. The Morgan fingerprint density at radius 2 is 1.13 bits per heavy atom. The molecule has 3 rings (SSSR count). The number of rotatable bonds is 6. The van der Waals surface area contributed by atoms with Crippen molar-refractivity contribution in [1.82, 2.24) is 0 Å². The van der Waals surface area contributed by atoms with Crippen molar-refractivity contribution in [2.45, 2.75) is 36.3 Å². The van der Waals surface area contributed by atoms with Gasteiger partial charge in [-0.05, 0) is 55.8 Å². The van der Waals surface area contributed by atoms with Gasteiger partial charge in [-0.3, -0.25) is 0 Å². The molecule has 168 valence electrons. The monoisotopic (exact) mass is 460 g/mol. The highest BCUT2D eigenvalue weighted by molar-refractivity contribution is 7.80. The van der Waals surface area contributed by atoms with Gasteiger partial charge in [0.25, 0.3) is 0 Å². The highest BCUT2D eigenvalue weighted by Crippen LogP contribution is 2.12. The van der Waals surface area contributed by atoms with Crippen LogP contribution in [0.2, 0.25) is 0 Å². The number of methoxy groups -OCH3 is 1. The molecule has 0 amide bonds. The van der Waals surface area contributed by atoms with E-state index in [2.05, 4.69) is 39.1 Å². The zero-order valence-corrected chi connectivity index (χ0v) is 20.0. The average molecular weight is 461 g/mol. The molecule has 31 heavy (non-hydrogen) atoms.